The number of aryl methyl sites for hydroxylation is 2. The molecule has 0 N–H and O–H groups in total. The number of nitrogens with zero attached hydrogens (tertiary/aromatic N) is 2. The van der Waals surface area contributed by atoms with Crippen LogP contribution in [0.5, 0.6) is 5.75 Å². The molecular weight excluding hydrogens is 408 g/mol. The maximum atomic E-state index is 13.0. The molecule has 0 aliphatic carbocycles. The van der Waals surface area contributed by atoms with Gasteiger partial charge in [0.1, 0.15) is 18.1 Å². The number of amides is 1. The molecule has 1 heterocycles. The van der Waals surface area contributed by atoms with Crippen molar-refractivity contribution >= 4 is 21.8 Å². The quantitative estimate of drug-likeness (QED) is 0.559. The van der Waals surface area contributed by atoms with E-state index in [1.165, 1.54) is 0 Å². The van der Waals surface area contributed by atoms with Gasteiger partial charge in [-0.25, -0.2) is 0 Å². The van der Waals surface area contributed by atoms with Gasteiger partial charge >= 0.3 is 0 Å². The van der Waals surface area contributed by atoms with Crippen molar-refractivity contribution in [3.63, 3.8) is 0 Å². The van der Waals surface area contributed by atoms with E-state index in [-0.39, 0.29) is 5.91 Å². The Morgan fingerprint density at radius 2 is 1.85 bits per heavy atom. The fraction of sp³-hybridized carbons (Fsp3) is 0.238. The molecular formula is C21H21BrN2O3. The van der Waals surface area contributed by atoms with E-state index in [4.69, 9.17) is 9.26 Å². The number of hydrogen-bond donors (Lipinski definition) is 0. The van der Waals surface area contributed by atoms with Crippen molar-refractivity contribution in [1.29, 1.82) is 0 Å². The Bertz CT molecular complexity index is 933. The van der Waals surface area contributed by atoms with Gasteiger partial charge in [-0.15, -0.1) is 0 Å². The number of carbonyl (C=O) groups excluding carboxylic acids is 1. The summed E-state index contributed by atoms with van der Waals surface area (Å²) in [4.78, 5) is 14.7. The normalized spacial score (nSPS) is 10.7. The van der Waals surface area contributed by atoms with E-state index in [0.717, 1.165) is 27.1 Å². The smallest absolute Gasteiger partial charge is 0.257 e. The molecule has 0 atom stereocenters. The van der Waals surface area contributed by atoms with Crippen LogP contribution >= 0.6 is 15.9 Å². The first-order valence-corrected chi connectivity index (χ1v) is 9.39. The SMILES string of the molecule is Cc1noc(C)c1COc1ccccc1C(=O)N(C)Cc1ccccc1Br. The zero-order valence-electron chi connectivity index (χ0n) is 15.5. The molecule has 3 rings (SSSR count). The fourth-order valence-electron chi connectivity index (χ4n) is 2.79. The number of rotatable bonds is 6. The Morgan fingerprint density at radius 3 is 2.56 bits per heavy atom. The Balaban J connectivity index is 1.76. The van der Waals surface area contributed by atoms with Gasteiger partial charge < -0.3 is 14.2 Å². The van der Waals surface area contributed by atoms with Crippen LogP contribution in [0.15, 0.2) is 57.5 Å². The van der Waals surface area contributed by atoms with Gasteiger partial charge in [-0.1, -0.05) is 51.4 Å². The summed E-state index contributed by atoms with van der Waals surface area (Å²) in [6.07, 6.45) is 0. The summed E-state index contributed by atoms with van der Waals surface area (Å²) in [5, 5.41) is 3.93. The molecule has 0 spiro atoms. The topological polar surface area (TPSA) is 55.6 Å². The van der Waals surface area contributed by atoms with Crippen LogP contribution in [0.4, 0.5) is 0 Å². The van der Waals surface area contributed by atoms with Crippen LogP contribution in [0, 0.1) is 13.8 Å². The zero-order valence-corrected chi connectivity index (χ0v) is 17.1. The Hall–Kier alpha value is -2.60. The molecule has 0 unspecified atom stereocenters. The zero-order chi connectivity index (χ0) is 19.4. The van der Waals surface area contributed by atoms with E-state index in [1.807, 2.05) is 50.2 Å². The number of aromatic nitrogens is 1. The summed E-state index contributed by atoms with van der Waals surface area (Å²) in [5.41, 5.74) is 3.27. The van der Waals surface area contributed by atoms with E-state index in [2.05, 4.69) is 21.1 Å². The van der Waals surface area contributed by atoms with Crippen molar-refractivity contribution in [3.05, 3.63) is 81.1 Å². The van der Waals surface area contributed by atoms with Crippen molar-refractivity contribution in [2.45, 2.75) is 27.0 Å². The maximum absolute atomic E-state index is 13.0. The molecule has 0 saturated heterocycles. The molecule has 2 aromatic carbocycles. The van der Waals surface area contributed by atoms with E-state index in [0.29, 0.717) is 24.5 Å². The van der Waals surface area contributed by atoms with Crippen LogP contribution in [-0.2, 0) is 13.2 Å². The summed E-state index contributed by atoms with van der Waals surface area (Å²) >= 11 is 3.53. The minimum absolute atomic E-state index is 0.0971. The van der Waals surface area contributed by atoms with Crippen LogP contribution in [0.2, 0.25) is 0 Å². The predicted molar refractivity (Wildman–Crippen MR) is 107 cm³/mol. The molecule has 0 fully saturated rings. The summed E-state index contributed by atoms with van der Waals surface area (Å²) in [5.74, 6) is 1.17. The average molecular weight is 429 g/mol. The number of halogens is 1. The van der Waals surface area contributed by atoms with Gasteiger partial charge in [-0.05, 0) is 37.6 Å². The van der Waals surface area contributed by atoms with Crippen LogP contribution in [0.25, 0.3) is 0 Å². The number of ether oxygens (including phenoxy) is 1. The third-order valence-corrected chi connectivity index (χ3v) is 5.16. The highest BCUT2D eigenvalue weighted by molar-refractivity contribution is 9.10. The van der Waals surface area contributed by atoms with Crippen molar-refractivity contribution in [1.82, 2.24) is 10.1 Å². The maximum Gasteiger partial charge on any atom is 0.257 e. The third kappa shape index (κ3) is 4.39. The van der Waals surface area contributed by atoms with E-state index in [9.17, 15) is 4.79 Å². The average Bonchev–Trinajstić information content (AvgIpc) is 2.99. The minimum Gasteiger partial charge on any atom is -0.488 e. The van der Waals surface area contributed by atoms with Crippen LogP contribution < -0.4 is 4.74 Å². The van der Waals surface area contributed by atoms with E-state index in [1.54, 1.807) is 24.1 Å². The highest BCUT2D eigenvalue weighted by atomic mass is 79.9. The van der Waals surface area contributed by atoms with Crippen molar-refractivity contribution in [2.75, 3.05) is 7.05 Å². The van der Waals surface area contributed by atoms with Crippen molar-refractivity contribution in [3.8, 4) is 5.75 Å². The van der Waals surface area contributed by atoms with Gasteiger partial charge in [-0.2, -0.15) is 0 Å². The molecule has 1 aromatic heterocycles. The summed E-state index contributed by atoms with van der Waals surface area (Å²) in [6, 6.07) is 15.1. The first kappa shape index (κ1) is 19.2. The second-order valence-corrected chi connectivity index (χ2v) is 7.19. The second kappa shape index (κ2) is 8.39. The standard InChI is InChI=1S/C21H21BrN2O3/c1-14-18(15(2)27-23-14)13-26-20-11-7-5-9-17(20)21(25)24(3)12-16-8-4-6-10-19(16)22/h4-11H,12-13H2,1-3H3. The van der Waals surface area contributed by atoms with Crippen LogP contribution in [-0.4, -0.2) is 23.0 Å². The van der Waals surface area contributed by atoms with Gasteiger partial charge in [0.25, 0.3) is 5.91 Å². The minimum atomic E-state index is -0.0971. The molecule has 0 aliphatic heterocycles. The predicted octanol–water partition coefficient (Wildman–Crippen LogP) is 4.91. The molecule has 140 valence electrons. The number of carbonyl (C=O) groups is 1. The first-order valence-electron chi connectivity index (χ1n) is 8.60. The van der Waals surface area contributed by atoms with Crippen LogP contribution in [0.3, 0.4) is 0 Å². The Kier molecular flexibility index (Phi) is 5.96. The Labute approximate surface area is 167 Å². The molecule has 0 saturated carbocycles. The second-order valence-electron chi connectivity index (χ2n) is 6.34. The first-order chi connectivity index (χ1) is 13.0. The van der Waals surface area contributed by atoms with Gasteiger partial charge in [0.15, 0.2) is 0 Å². The van der Waals surface area contributed by atoms with E-state index >= 15 is 0 Å². The fourth-order valence-corrected chi connectivity index (χ4v) is 3.20. The highest BCUT2D eigenvalue weighted by Crippen LogP contribution is 2.24. The molecule has 0 bridgehead atoms. The molecule has 3 aromatic rings. The molecule has 0 radical (unpaired) electrons. The largest absolute Gasteiger partial charge is 0.488 e. The lowest BCUT2D eigenvalue weighted by atomic mass is 10.1. The van der Waals surface area contributed by atoms with Crippen molar-refractivity contribution in [2.24, 2.45) is 0 Å². The Morgan fingerprint density at radius 1 is 1.15 bits per heavy atom. The number of para-hydroxylation sites is 1. The van der Waals surface area contributed by atoms with E-state index < -0.39 is 0 Å². The van der Waals surface area contributed by atoms with Gasteiger partial charge in [0.2, 0.25) is 0 Å². The lowest BCUT2D eigenvalue weighted by Gasteiger charge is -2.20. The van der Waals surface area contributed by atoms with Crippen molar-refractivity contribution < 1.29 is 14.1 Å². The summed E-state index contributed by atoms with van der Waals surface area (Å²) in [6.45, 7) is 4.52. The van der Waals surface area contributed by atoms with Gasteiger partial charge in [-0.3, -0.25) is 4.79 Å². The molecule has 27 heavy (non-hydrogen) atoms. The molecule has 5 nitrogen and oxygen atoms in total. The highest BCUT2D eigenvalue weighted by Gasteiger charge is 2.18. The van der Waals surface area contributed by atoms with Crippen LogP contribution in [0.1, 0.15) is 32.9 Å². The molecule has 0 aliphatic rings. The van der Waals surface area contributed by atoms with Gasteiger partial charge in [0, 0.05) is 18.1 Å². The number of hydrogen-bond acceptors (Lipinski definition) is 4. The lowest BCUT2D eigenvalue weighted by molar-refractivity contribution is 0.0780. The molecule has 1 amide bonds. The monoisotopic (exact) mass is 428 g/mol. The summed E-state index contributed by atoms with van der Waals surface area (Å²) in [7, 11) is 1.78. The lowest BCUT2D eigenvalue weighted by Crippen LogP contribution is -2.26. The number of benzene rings is 2. The molecule has 6 heteroatoms. The van der Waals surface area contributed by atoms with Gasteiger partial charge in [0.05, 0.1) is 16.8 Å². The summed E-state index contributed by atoms with van der Waals surface area (Å²) < 4.78 is 12.1. The third-order valence-electron chi connectivity index (χ3n) is 4.38.